The number of nitrogens with zero attached hydrogens (tertiary/aromatic N) is 1. The van der Waals surface area contributed by atoms with Crippen LogP contribution in [0.5, 0.6) is 0 Å². The molecule has 0 fully saturated rings. The fraction of sp³-hybridized carbons (Fsp3) is 0.917. The molecule has 5 nitrogen and oxygen atoms in total. The first-order valence-corrected chi connectivity index (χ1v) is 5.88. The van der Waals surface area contributed by atoms with Crippen LogP contribution in [0.1, 0.15) is 20.8 Å². The monoisotopic (exact) mass is 247 g/mol. The Morgan fingerprint density at radius 1 is 1.29 bits per heavy atom. The maximum atomic E-state index is 11.5. The lowest BCUT2D eigenvalue weighted by Crippen LogP contribution is -2.42. The van der Waals surface area contributed by atoms with E-state index in [1.165, 1.54) is 0 Å². The number of hydrogen-bond donors (Lipinski definition) is 1. The van der Waals surface area contributed by atoms with Gasteiger partial charge in [0.15, 0.2) is 0 Å². The number of carbonyl (C=O) groups is 1. The van der Waals surface area contributed by atoms with Crippen LogP contribution in [0.15, 0.2) is 0 Å². The van der Waals surface area contributed by atoms with Gasteiger partial charge in [-0.3, -0.25) is 4.79 Å². The second-order valence-corrected chi connectivity index (χ2v) is 6.21. The molecule has 0 aliphatic heterocycles. The van der Waals surface area contributed by atoms with Gasteiger partial charge in [-0.1, -0.05) is 0 Å². The Labute approximate surface area is 104 Å². The van der Waals surface area contributed by atoms with Gasteiger partial charge in [-0.15, -0.1) is 0 Å². The lowest BCUT2D eigenvalue weighted by atomic mass is 10.2. The summed E-state index contributed by atoms with van der Waals surface area (Å²) in [6, 6.07) is -0.707. The van der Waals surface area contributed by atoms with Crippen molar-refractivity contribution in [2.24, 2.45) is 5.73 Å². The summed E-state index contributed by atoms with van der Waals surface area (Å²) in [5, 5.41) is 0. The molecule has 0 aliphatic rings. The zero-order valence-electron chi connectivity index (χ0n) is 11.9. The van der Waals surface area contributed by atoms with Crippen molar-refractivity contribution in [1.29, 1.82) is 0 Å². The van der Waals surface area contributed by atoms with Crippen LogP contribution < -0.4 is 5.73 Å². The molecular formula is C12H27N2O3+. The van der Waals surface area contributed by atoms with Gasteiger partial charge in [-0.2, -0.15) is 0 Å². The third-order valence-electron chi connectivity index (χ3n) is 2.01. The van der Waals surface area contributed by atoms with Crippen LogP contribution in [0.25, 0.3) is 0 Å². The Morgan fingerprint density at radius 3 is 2.24 bits per heavy atom. The van der Waals surface area contributed by atoms with Crippen LogP contribution in [-0.2, 0) is 14.3 Å². The van der Waals surface area contributed by atoms with E-state index in [-0.39, 0.29) is 12.2 Å². The summed E-state index contributed by atoms with van der Waals surface area (Å²) < 4.78 is 11.3. The fourth-order valence-electron chi connectivity index (χ4n) is 0.935. The van der Waals surface area contributed by atoms with E-state index in [0.717, 1.165) is 11.0 Å². The standard InChI is InChI=1S/C12H27N2O3/c1-12(2,3)17-9-10(13)11(15)16-8-7-14(4,5)6/h10H,7-9,13H2,1-6H3/q+1/t10-/m0/s1. The molecule has 0 bridgehead atoms. The van der Waals surface area contributed by atoms with Gasteiger partial charge in [0, 0.05) is 0 Å². The molecule has 0 rings (SSSR count). The Kier molecular flexibility index (Phi) is 6.09. The Morgan fingerprint density at radius 2 is 1.82 bits per heavy atom. The lowest BCUT2D eigenvalue weighted by molar-refractivity contribution is -0.870. The van der Waals surface area contributed by atoms with E-state index in [2.05, 4.69) is 0 Å². The van der Waals surface area contributed by atoms with Crippen molar-refractivity contribution in [3.63, 3.8) is 0 Å². The normalized spacial score (nSPS) is 14.5. The molecule has 17 heavy (non-hydrogen) atoms. The predicted octanol–water partition coefficient (Wildman–Crippen LogP) is 0.378. The number of quaternary nitrogens is 1. The first-order chi connectivity index (χ1) is 7.51. The zero-order valence-corrected chi connectivity index (χ0v) is 11.9. The molecule has 0 spiro atoms. The molecule has 5 heteroatoms. The molecule has 0 aromatic heterocycles. The van der Waals surface area contributed by atoms with Crippen molar-refractivity contribution in [3.8, 4) is 0 Å². The Bertz CT molecular complexity index is 241. The maximum Gasteiger partial charge on any atom is 0.325 e. The first-order valence-electron chi connectivity index (χ1n) is 5.88. The molecule has 0 radical (unpaired) electrons. The quantitative estimate of drug-likeness (QED) is 0.544. The van der Waals surface area contributed by atoms with Crippen LogP contribution in [0.4, 0.5) is 0 Å². The maximum absolute atomic E-state index is 11.5. The van der Waals surface area contributed by atoms with Crippen LogP contribution in [-0.4, -0.2) is 63.0 Å². The van der Waals surface area contributed by atoms with Crippen LogP contribution in [0.3, 0.4) is 0 Å². The van der Waals surface area contributed by atoms with Crippen molar-refractivity contribution in [1.82, 2.24) is 0 Å². The van der Waals surface area contributed by atoms with E-state index in [9.17, 15) is 4.79 Å². The highest BCUT2D eigenvalue weighted by Crippen LogP contribution is 2.06. The molecule has 1 atom stereocenters. The van der Waals surface area contributed by atoms with Crippen LogP contribution >= 0.6 is 0 Å². The molecule has 0 heterocycles. The van der Waals surface area contributed by atoms with Gasteiger partial charge in [0.1, 0.15) is 19.2 Å². The number of likely N-dealkylation sites (N-methyl/N-ethyl adjacent to an activating group) is 1. The number of esters is 1. The summed E-state index contributed by atoms with van der Waals surface area (Å²) in [5.74, 6) is -0.400. The number of ether oxygens (including phenoxy) is 2. The van der Waals surface area contributed by atoms with E-state index in [4.69, 9.17) is 15.2 Å². The SMILES string of the molecule is CC(C)(C)OC[C@H](N)C(=O)OCC[N+](C)(C)C. The smallest absolute Gasteiger partial charge is 0.325 e. The van der Waals surface area contributed by atoms with E-state index in [1.54, 1.807) is 0 Å². The minimum atomic E-state index is -0.707. The van der Waals surface area contributed by atoms with E-state index >= 15 is 0 Å². The third-order valence-corrected chi connectivity index (χ3v) is 2.01. The molecule has 0 saturated carbocycles. The second kappa shape index (κ2) is 6.33. The fourth-order valence-corrected chi connectivity index (χ4v) is 0.935. The first kappa shape index (κ1) is 16.4. The van der Waals surface area contributed by atoms with Crippen LogP contribution in [0, 0.1) is 0 Å². The van der Waals surface area contributed by atoms with E-state index in [0.29, 0.717) is 6.61 Å². The zero-order chi connectivity index (χ0) is 13.7. The van der Waals surface area contributed by atoms with Crippen LogP contribution in [0.2, 0.25) is 0 Å². The highest BCUT2D eigenvalue weighted by atomic mass is 16.5. The van der Waals surface area contributed by atoms with Gasteiger partial charge < -0.3 is 19.7 Å². The van der Waals surface area contributed by atoms with Crippen molar-refractivity contribution in [3.05, 3.63) is 0 Å². The third kappa shape index (κ3) is 10.2. The molecule has 0 aliphatic carbocycles. The highest BCUT2D eigenvalue weighted by molar-refractivity contribution is 5.75. The molecule has 0 saturated heterocycles. The molecular weight excluding hydrogens is 220 g/mol. The van der Waals surface area contributed by atoms with Crippen molar-refractivity contribution in [2.45, 2.75) is 32.4 Å². The molecule has 0 amide bonds. The minimum absolute atomic E-state index is 0.187. The van der Waals surface area contributed by atoms with Gasteiger partial charge in [0.05, 0.1) is 33.4 Å². The molecule has 0 aromatic carbocycles. The molecule has 102 valence electrons. The molecule has 0 aromatic rings. The summed E-state index contributed by atoms with van der Waals surface area (Å²) in [6.07, 6.45) is 0. The van der Waals surface area contributed by atoms with E-state index in [1.807, 2.05) is 41.9 Å². The van der Waals surface area contributed by atoms with Crippen molar-refractivity contribution < 1.29 is 18.8 Å². The van der Waals surface area contributed by atoms with Gasteiger partial charge in [0.2, 0.25) is 0 Å². The van der Waals surface area contributed by atoms with Gasteiger partial charge in [0.25, 0.3) is 0 Å². The summed E-state index contributed by atoms with van der Waals surface area (Å²) in [7, 11) is 6.11. The Balaban J connectivity index is 3.83. The molecule has 2 N–H and O–H groups in total. The highest BCUT2D eigenvalue weighted by Gasteiger charge is 2.20. The summed E-state index contributed by atoms with van der Waals surface area (Å²) >= 11 is 0. The molecule has 0 unspecified atom stereocenters. The van der Waals surface area contributed by atoms with Gasteiger partial charge in [-0.25, -0.2) is 0 Å². The number of nitrogens with two attached hydrogens (primary N) is 1. The summed E-state index contributed by atoms with van der Waals surface area (Å²) in [5.41, 5.74) is 5.38. The van der Waals surface area contributed by atoms with E-state index < -0.39 is 12.0 Å². The Hall–Kier alpha value is -0.650. The topological polar surface area (TPSA) is 61.5 Å². The number of rotatable bonds is 6. The summed E-state index contributed by atoms with van der Waals surface area (Å²) in [6.45, 7) is 7.09. The largest absolute Gasteiger partial charge is 0.458 e. The van der Waals surface area contributed by atoms with Crippen molar-refractivity contribution in [2.75, 3.05) is 40.9 Å². The van der Waals surface area contributed by atoms with Crippen molar-refractivity contribution >= 4 is 5.97 Å². The summed E-state index contributed by atoms with van der Waals surface area (Å²) in [4.78, 5) is 11.5. The lowest BCUT2D eigenvalue weighted by Gasteiger charge is -2.24. The second-order valence-electron chi connectivity index (χ2n) is 6.21. The number of hydrogen-bond acceptors (Lipinski definition) is 4. The average molecular weight is 247 g/mol. The minimum Gasteiger partial charge on any atom is -0.458 e. The van der Waals surface area contributed by atoms with Gasteiger partial charge >= 0.3 is 5.97 Å². The predicted molar refractivity (Wildman–Crippen MR) is 67.5 cm³/mol. The van der Waals surface area contributed by atoms with Gasteiger partial charge in [-0.05, 0) is 20.8 Å². The number of carbonyl (C=O) groups excluding carboxylic acids is 1. The average Bonchev–Trinajstić information content (AvgIpc) is 2.10.